The number of hydrogen-bond donors (Lipinski definition) is 2. The molecule has 1 aromatic rings. The molecule has 5 nitrogen and oxygen atoms in total. The van der Waals surface area contributed by atoms with E-state index in [1.54, 1.807) is 26.0 Å². The summed E-state index contributed by atoms with van der Waals surface area (Å²) in [7, 11) is 3.19. The highest BCUT2D eigenvalue weighted by Gasteiger charge is 2.15. The van der Waals surface area contributed by atoms with Gasteiger partial charge < -0.3 is 20.1 Å². The van der Waals surface area contributed by atoms with E-state index in [4.69, 9.17) is 9.47 Å². The number of carbonyl (C=O) groups is 1. The number of nitrogens with one attached hydrogen (secondary N) is 2. The van der Waals surface area contributed by atoms with E-state index in [9.17, 15) is 4.79 Å². The Labute approximate surface area is 110 Å². The largest absolute Gasteiger partial charge is 0.380 e. The SMILES string of the molecule is COC(CNc1ccc2c(c1)NC(=O)CS2)OC. The van der Waals surface area contributed by atoms with E-state index in [-0.39, 0.29) is 12.2 Å². The van der Waals surface area contributed by atoms with Crippen molar-refractivity contribution in [1.82, 2.24) is 0 Å². The molecule has 0 aliphatic carbocycles. The molecule has 0 radical (unpaired) electrons. The molecule has 0 fully saturated rings. The Morgan fingerprint density at radius 1 is 1.44 bits per heavy atom. The summed E-state index contributed by atoms with van der Waals surface area (Å²) in [6.45, 7) is 0.548. The first kappa shape index (κ1) is 13.2. The van der Waals surface area contributed by atoms with Crippen molar-refractivity contribution in [2.75, 3.05) is 37.2 Å². The van der Waals surface area contributed by atoms with Gasteiger partial charge in [0.15, 0.2) is 6.29 Å². The summed E-state index contributed by atoms with van der Waals surface area (Å²) in [5.74, 6) is 0.520. The zero-order valence-electron chi connectivity index (χ0n) is 10.4. The number of fused-ring (bicyclic) bond motifs is 1. The Bertz CT molecular complexity index is 435. The monoisotopic (exact) mass is 268 g/mol. The molecule has 0 aromatic heterocycles. The molecule has 0 spiro atoms. The lowest BCUT2D eigenvalue weighted by molar-refractivity contribution is -0.113. The van der Waals surface area contributed by atoms with Crippen molar-refractivity contribution in [1.29, 1.82) is 0 Å². The predicted molar refractivity (Wildman–Crippen MR) is 72.1 cm³/mol. The number of anilines is 2. The first-order chi connectivity index (χ1) is 8.72. The molecule has 1 amide bonds. The molecule has 0 atom stereocenters. The zero-order chi connectivity index (χ0) is 13.0. The molecule has 1 aliphatic rings. The number of methoxy groups -OCH3 is 2. The summed E-state index contributed by atoms with van der Waals surface area (Å²) in [4.78, 5) is 12.4. The van der Waals surface area contributed by atoms with E-state index in [2.05, 4.69) is 10.6 Å². The Kier molecular flexibility index (Phi) is 4.46. The fourth-order valence-electron chi connectivity index (χ4n) is 1.66. The average molecular weight is 268 g/mol. The topological polar surface area (TPSA) is 59.6 Å². The number of hydrogen-bond acceptors (Lipinski definition) is 5. The van der Waals surface area contributed by atoms with Crippen LogP contribution in [0.3, 0.4) is 0 Å². The van der Waals surface area contributed by atoms with Crippen LogP contribution in [-0.2, 0) is 14.3 Å². The average Bonchev–Trinajstić information content (AvgIpc) is 2.39. The number of thioether (sulfide) groups is 1. The van der Waals surface area contributed by atoms with Crippen molar-refractivity contribution < 1.29 is 14.3 Å². The van der Waals surface area contributed by atoms with E-state index in [0.29, 0.717) is 12.3 Å². The van der Waals surface area contributed by atoms with E-state index in [0.717, 1.165) is 16.3 Å². The highest BCUT2D eigenvalue weighted by Crippen LogP contribution is 2.33. The van der Waals surface area contributed by atoms with Gasteiger partial charge in [-0.1, -0.05) is 0 Å². The van der Waals surface area contributed by atoms with Crippen molar-refractivity contribution in [3.63, 3.8) is 0 Å². The molecule has 0 unspecified atom stereocenters. The van der Waals surface area contributed by atoms with Gasteiger partial charge >= 0.3 is 0 Å². The molecular weight excluding hydrogens is 252 g/mol. The first-order valence-corrected chi connectivity index (χ1v) is 6.57. The number of amides is 1. The third kappa shape index (κ3) is 3.16. The second-order valence-electron chi connectivity index (χ2n) is 3.83. The molecule has 18 heavy (non-hydrogen) atoms. The highest BCUT2D eigenvalue weighted by atomic mass is 32.2. The Hall–Kier alpha value is -1.24. The summed E-state index contributed by atoms with van der Waals surface area (Å²) in [6, 6.07) is 5.89. The minimum atomic E-state index is -0.287. The molecular formula is C12H16N2O3S. The van der Waals surface area contributed by atoms with Gasteiger partial charge in [0.2, 0.25) is 5.91 Å². The molecule has 1 heterocycles. The van der Waals surface area contributed by atoms with Crippen molar-refractivity contribution in [3.8, 4) is 0 Å². The van der Waals surface area contributed by atoms with Gasteiger partial charge in [-0.2, -0.15) is 0 Å². The van der Waals surface area contributed by atoms with Crippen LogP contribution in [0.25, 0.3) is 0 Å². The number of rotatable bonds is 5. The maximum Gasteiger partial charge on any atom is 0.234 e. The van der Waals surface area contributed by atoms with Crippen LogP contribution in [0.5, 0.6) is 0 Å². The Balaban J connectivity index is 2.02. The molecule has 6 heteroatoms. The zero-order valence-corrected chi connectivity index (χ0v) is 11.2. The van der Waals surface area contributed by atoms with Crippen LogP contribution in [0.4, 0.5) is 11.4 Å². The van der Waals surface area contributed by atoms with Crippen LogP contribution in [0.15, 0.2) is 23.1 Å². The van der Waals surface area contributed by atoms with E-state index >= 15 is 0 Å². The maximum absolute atomic E-state index is 11.3. The summed E-state index contributed by atoms with van der Waals surface area (Å²) in [5.41, 5.74) is 1.78. The lowest BCUT2D eigenvalue weighted by Crippen LogP contribution is -2.24. The number of ether oxygens (including phenoxy) is 2. The van der Waals surface area contributed by atoms with Gasteiger partial charge in [0.1, 0.15) is 0 Å². The summed E-state index contributed by atoms with van der Waals surface area (Å²) in [5, 5.41) is 6.05. The van der Waals surface area contributed by atoms with Gasteiger partial charge in [-0.25, -0.2) is 0 Å². The molecule has 0 saturated carbocycles. The molecule has 2 rings (SSSR count). The smallest absolute Gasteiger partial charge is 0.234 e. The molecule has 0 saturated heterocycles. The fraction of sp³-hybridized carbons (Fsp3) is 0.417. The van der Waals surface area contributed by atoms with E-state index in [1.165, 1.54) is 0 Å². The standard InChI is InChI=1S/C12H16N2O3S/c1-16-12(17-2)6-13-8-3-4-10-9(5-8)14-11(15)7-18-10/h3-5,12-13H,6-7H2,1-2H3,(H,14,15). The van der Waals surface area contributed by atoms with Crippen molar-refractivity contribution in [2.45, 2.75) is 11.2 Å². The summed E-state index contributed by atoms with van der Waals surface area (Å²) < 4.78 is 10.2. The van der Waals surface area contributed by atoms with E-state index in [1.807, 2.05) is 18.2 Å². The van der Waals surface area contributed by atoms with Crippen LogP contribution >= 0.6 is 11.8 Å². The maximum atomic E-state index is 11.3. The lowest BCUT2D eigenvalue weighted by Gasteiger charge is -2.19. The fourth-order valence-corrected chi connectivity index (χ4v) is 2.45. The van der Waals surface area contributed by atoms with Crippen molar-refractivity contribution in [2.24, 2.45) is 0 Å². The number of carbonyl (C=O) groups excluding carboxylic acids is 1. The Morgan fingerprint density at radius 3 is 2.94 bits per heavy atom. The lowest BCUT2D eigenvalue weighted by atomic mass is 10.2. The number of benzene rings is 1. The minimum Gasteiger partial charge on any atom is -0.380 e. The molecule has 2 N–H and O–H groups in total. The van der Waals surface area contributed by atoms with Crippen LogP contribution in [0.1, 0.15) is 0 Å². The molecule has 1 aromatic carbocycles. The third-order valence-electron chi connectivity index (χ3n) is 2.61. The van der Waals surface area contributed by atoms with Gasteiger partial charge in [-0.05, 0) is 18.2 Å². The summed E-state index contributed by atoms with van der Waals surface area (Å²) in [6.07, 6.45) is -0.287. The van der Waals surface area contributed by atoms with Gasteiger partial charge in [-0.3, -0.25) is 4.79 Å². The predicted octanol–water partition coefficient (Wildman–Crippen LogP) is 1.76. The molecule has 0 bridgehead atoms. The van der Waals surface area contributed by atoms with Crippen molar-refractivity contribution in [3.05, 3.63) is 18.2 Å². The first-order valence-electron chi connectivity index (χ1n) is 5.59. The van der Waals surface area contributed by atoms with Crippen molar-refractivity contribution >= 4 is 29.0 Å². The van der Waals surface area contributed by atoms with Gasteiger partial charge in [0, 0.05) is 24.8 Å². The van der Waals surface area contributed by atoms with Crippen LogP contribution < -0.4 is 10.6 Å². The van der Waals surface area contributed by atoms with Gasteiger partial charge in [-0.15, -0.1) is 11.8 Å². The minimum absolute atomic E-state index is 0.0382. The van der Waals surface area contributed by atoms with E-state index < -0.39 is 0 Å². The second-order valence-corrected chi connectivity index (χ2v) is 4.85. The Morgan fingerprint density at radius 2 is 2.22 bits per heavy atom. The van der Waals surface area contributed by atoms with Crippen LogP contribution in [0.2, 0.25) is 0 Å². The third-order valence-corrected chi connectivity index (χ3v) is 3.68. The second kappa shape index (κ2) is 6.08. The quantitative estimate of drug-likeness (QED) is 0.797. The summed E-state index contributed by atoms with van der Waals surface area (Å²) >= 11 is 1.55. The van der Waals surface area contributed by atoms with Crippen LogP contribution in [-0.4, -0.2) is 38.7 Å². The van der Waals surface area contributed by atoms with Crippen LogP contribution in [0, 0.1) is 0 Å². The molecule has 1 aliphatic heterocycles. The normalized spacial score (nSPS) is 14.3. The molecule has 98 valence electrons. The highest BCUT2D eigenvalue weighted by molar-refractivity contribution is 8.00. The van der Waals surface area contributed by atoms with Gasteiger partial charge in [0.05, 0.1) is 18.0 Å². The van der Waals surface area contributed by atoms with Gasteiger partial charge in [0.25, 0.3) is 0 Å².